The molecule has 0 spiro atoms. The van der Waals surface area contributed by atoms with Gasteiger partial charge in [-0.2, -0.15) is 13.2 Å². The molecule has 0 aromatic heterocycles. The lowest BCUT2D eigenvalue weighted by molar-refractivity contribution is -0.129. The first-order chi connectivity index (χ1) is 3.56. The minimum atomic E-state index is -3.96. The Morgan fingerprint density at radius 3 is 2.00 bits per heavy atom. The summed E-state index contributed by atoms with van der Waals surface area (Å²) in [5.41, 5.74) is 0. The van der Waals surface area contributed by atoms with Crippen LogP contribution in [0, 0.1) is 0 Å². The van der Waals surface area contributed by atoms with Gasteiger partial charge in [-0.15, -0.1) is 0 Å². The van der Waals surface area contributed by atoms with Crippen LogP contribution < -0.4 is 0 Å². The molecule has 0 atom stereocenters. The van der Waals surface area contributed by atoms with Gasteiger partial charge in [0, 0.05) is 6.42 Å². The summed E-state index contributed by atoms with van der Waals surface area (Å²) >= 11 is 0. The third-order valence-corrected chi connectivity index (χ3v) is 1.29. The molecule has 8 heavy (non-hydrogen) atoms. The Kier molecular flexibility index (Phi) is 3.38. The fourth-order valence-electron chi connectivity index (χ4n) is 0.239. The van der Waals surface area contributed by atoms with Crippen LogP contribution in [0.4, 0.5) is 13.2 Å². The number of alkyl halides is 3. The van der Waals surface area contributed by atoms with Crippen LogP contribution >= 0.6 is 8.58 Å². The maximum Gasteiger partial charge on any atom is 0.389 e. The van der Waals surface area contributed by atoms with E-state index in [1.54, 1.807) is 6.66 Å². The molecule has 4 heteroatoms. The zero-order valence-corrected chi connectivity index (χ0v) is 5.39. The molecule has 0 aliphatic rings. The Hall–Kier alpha value is 0.220. The largest absolute Gasteiger partial charge is 0.389 e. The van der Waals surface area contributed by atoms with Gasteiger partial charge in [-0.05, 0) is 12.8 Å². The first kappa shape index (κ1) is 8.22. The molecule has 0 aliphatic carbocycles. The van der Waals surface area contributed by atoms with E-state index in [1.165, 1.54) is 0 Å². The maximum atomic E-state index is 11.2. The third kappa shape index (κ3) is 6.22. The lowest BCUT2D eigenvalue weighted by Crippen LogP contribution is -2.07. The molecule has 0 saturated carbocycles. The molecule has 0 unspecified atom stereocenters. The van der Waals surface area contributed by atoms with Gasteiger partial charge in [-0.1, -0.05) is 8.58 Å². The van der Waals surface area contributed by atoms with Crippen LogP contribution in [0.5, 0.6) is 0 Å². The van der Waals surface area contributed by atoms with Crippen LogP contribution in [-0.2, 0) is 0 Å². The summed E-state index contributed by atoms with van der Waals surface area (Å²) in [6, 6.07) is 0. The Balaban J connectivity index is 3.11. The second kappa shape index (κ2) is 3.29. The summed E-state index contributed by atoms with van der Waals surface area (Å²) in [6.07, 6.45) is -4.38. The van der Waals surface area contributed by atoms with E-state index in [0.29, 0.717) is 0 Å². The molecule has 0 amide bonds. The monoisotopic (exact) mass is 143 g/mol. The van der Waals surface area contributed by atoms with Crippen molar-refractivity contribution in [2.45, 2.75) is 12.6 Å². The molecule has 49 valence electrons. The van der Waals surface area contributed by atoms with Crippen molar-refractivity contribution in [3.63, 3.8) is 0 Å². The highest BCUT2D eigenvalue weighted by molar-refractivity contribution is 7.36. The summed E-state index contributed by atoms with van der Waals surface area (Å²) in [7, 11) is 0.810. The van der Waals surface area contributed by atoms with Crippen molar-refractivity contribution in [1.29, 1.82) is 0 Å². The second-order valence-electron chi connectivity index (χ2n) is 1.41. The van der Waals surface area contributed by atoms with E-state index < -0.39 is 12.6 Å². The molecule has 0 fully saturated rings. The van der Waals surface area contributed by atoms with Gasteiger partial charge in [0.15, 0.2) is 0 Å². The summed E-state index contributed by atoms with van der Waals surface area (Å²) in [4.78, 5) is 0. The van der Waals surface area contributed by atoms with E-state index in [9.17, 15) is 13.2 Å². The molecule has 0 saturated heterocycles. The maximum absolute atomic E-state index is 11.2. The van der Waals surface area contributed by atoms with Crippen LogP contribution in [0.1, 0.15) is 6.42 Å². The lowest BCUT2D eigenvalue weighted by atomic mass is 10.5. The van der Waals surface area contributed by atoms with Gasteiger partial charge in [0.1, 0.15) is 0 Å². The molecule has 0 bridgehead atoms. The number of hydrogen-bond acceptors (Lipinski definition) is 0. The highest BCUT2D eigenvalue weighted by atomic mass is 31.1. The Morgan fingerprint density at radius 2 is 1.88 bits per heavy atom. The van der Waals surface area contributed by atoms with E-state index in [-0.39, 0.29) is 6.16 Å². The van der Waals surface area contributed by atoms with Crippen molar-refractivity contribution in [1.82, 2.24) is 0 Å². The smallest absolute Gasteiger partial charge is 0.171 e. The van der Waals surface area contributed by atoms with Gasteiger partial charge >= 0.3 is 6.18 Å². The van der Waals surface area contributed by atoms with E-state index in [4.69, 9.17) is 0 Å². The Bertz CT molecular complexity index is 58.8. The number of rotatable bonds is 2. The topological polar surface area (TPSA) is 0 Å². The SMILES string of the molecule is C[P]CCC(F)(F)F. The normalized spacial score (nSPS) is 13.5. The number of halogens is 3. The van der Waals surface area contributed by atoms with Crippen LogP contribution in [0.3, 0.4) is 0 Å². The predicted molar refractivity (Wildman–Crippen MR) is 28.4 cm³/mol. The fraction of sp³-hybridized carbons (Fsp3) is 1.00. The molecule has 0 aromatic carbocycles. The van der Waals surface area contributed by atoms with Gasteiger partial charge in [0.2, 0.25) is 0 Å². The first-order valence-electron chi connectivity index (χ1n) is 2.18. The fourth-order valence-corrected chi connectivity index (χ4v) is 0.716. The third-order valence-electron chi connectivity index (χ3n) is 0.619. The van der Waals surface area contributed by atoms with E-state index in [2.05, 4.69) is 0 Å². The molecular formula is C4H7F3P. The highest BCUT2D eigenvalue weighted by Crippen LogP contribution is 2.22. The molecular weight excluding hydrogens is 136 g/mol. The van der Waals surface area contributed by atoms with Gasteiger partial charge in [0.05, 0.1) is 0 Å². The molecule has 0 aromatic rings. The van der Waals surface area contributed by atoms with E-state index in [1.807, 2.05) is 0 Å². The summed E-state index contributed by atoms with van der Waals surface area (Å²) in [5, 5.41) is 0. The lowest BCUT2D eigenvalue weighted by Gasteiger charge is -2.01. The first-order valence-corrected chi connectivity index (χ1v) is 3.71. The number of hydrogen-bond donors (Lipinski definition) is 0. The average Bonchev–Trinajstić information content (AvgIpc) is 1.59. The van der Waals surface area contributed by atoms with Crippen molar-refractivity contribution >= 4 is 8.58 Å². The summed E-state index contributed by atoms with van der Waals surface area (Å²) in [6.45, 7) is 1.71. The molecule has 1 radical (unpaired) electrons. The zero-order chi connectivity index (χ0) is 6.62. The molecule has 0 nitrogen and oxygen atoms in total. The van der Waals surface area contributed by atoms with Crippen LogP contribution in [0.15, 0.2) is 0 Å². The van der Waals surface area contributed by atoms with Crippen LogP contribution in [-0.4, -0.2) is 19.0 Å². The van der Waals surface area contributed by atoms with Crippen molar-refractivity contribution < 1.29 is 13.2 Å². The van der Waals surface area contributed by atoms with E-state index >= 15 is 0 Å². The highest BCUT2D eigenvalue weighted by Gasteiger charge is 2.25. The van der Waals surface area contributed by atoms with Crippen molar-refractivity contribution in [2.24, 2.45) is 0 Å². The summed E-state index contributed by atoms with van der Waals surface area (Å²) in [5.74, 6) is 0. The Morgan fingerprint density at radius 1 is 1.38 bits per heavy atom. The van der Waals surface area contributed by atoms with Crippen molar-refractivity contribution in [3.05, 3.63) is 0 Å². The molecule has 0 rings (SSSR count). The van der Waals surface area contributed by atoms with Crippen LogP contribution in [0.2, 0.25) is 0 Å². The molecule has 0 heterocycles. The average molecular weight is 143 g/mol. The van der Waals surface area contributed by atoms with Crippen LogP contribution in [0.25, 0.3) is 0 Å². The van der Waals surface area contributed by atoms with Gasteiger partial charge in [-0.25, -0.2) is 0 Å². The molecule has 0 N–H and O–H groups in total. The Labute approximate surface area is 48.2 Å². The standard InChI is InChI=1S/C4H7F3P/c1-8-3-2-4(5,6)7/h2-3H2,1H3. The van der Waals surface area contributed by atoms with Crippen molar-refractivity contribution in [3.8, 4) is 0 Å². The predicted octanol–water partition coefficient (Wildman–Crippen LogP) is 2.51. The van der Waals surface area contributed by atoms with Gasteiger partial charge in [0.25, 0.3) is 0 Å². The van der Waals surface area contributed by atoms with Crippen molar-refractivity contribution in [2.75, 3.05) is 12.8 Å². The quantitative estimate of drug-likeness (QED) is 0.521. The summed E-state index contributed by atoms with van der Waals surface area (Å²) < 4.78 is 33.7. The minimum absolute atomic E-state index is 0.226. The van der Waals surface area contributed by atoms with E-state index in [0.717, 1.165) is 8.58 Å². The second-order valence-corrected chi connectivity index (χ2v) is 2.48. The zero-order valence-electron chi connectivity index (χ0n) is 4.50. The molecule has 0 aliphatic heterocycles. The van der Waals surface area contributed by atoms with Gasteiger partial charge in [-0.3, -0.25) is 0 Å². The van der Waals surface area contributed by atoms with Gasteiger partial charge < -0.3 is 0 Å². The minimum Gasteiger partial charge on any atom is -0.171 e.